The van der Waals surface area contributed by atoms with Crippen LogP contribution in [0.25, 0.3) is 0 Å². The van der Waals surface area contributed by atoms with Gasteiger partial charge >= 0.3 is 5.97 Å². The standard InChI is InChI=1S/C31H51NO2/c1-8-23(18(2)3)29-28(32-29)19(4)25-11-12-26-24-10-9-21-17-22(34-20(5)33)13-15-30(21,6)27(24)14-16-31(25,26)7/h9,18-19,22-29,32H,8,10-17H2,1-7H3/t19?,22?,23?,24-,25?,26-,27-,28?,29?,30-,31+/m0/s1. The molecule has 3 heteroatoms. The average Bonchev–Trinajstić information content (AvgIpc) is 3.47. The molecule has 1 saturated heterocycles. The van der Waals surface area contributed by atoms with Crippen LogP contribution >= 0.6 is 0 Å². The fourth-order valence-electron chi connectivity index (χ4n) is 10.3. The van der Waals surface area contributed by atoms with Gasteiger partial charge in [-0.25, -0.2) is 0 Å². The van der Waals surface area contributed by atoms with Crippen molar-refractivity contribution in [3.05, 3.63) is 11.6 Å². The zero-order valence-corrected chi connectivity index (χ0v) is 23.0. The molecule has 3 nitrogen and oxygen atoms in total. The van der Waals surface area contributed by atoms with Crippen molar-refractivity contribution in [2.24, 2.45) is 52.3 Å². The van der Waals surface area contributed by atoms with Gasteiger partial charge in [0.25, 0.3) is 0 Å². The maximum atomic E-state index is 11.5. The summed E-state index contributed by atoms with van der Waals surface area (Å²) < 4.78 is 5.64. The van der Waals surface area contributed by atoms with Gasteiger partial charge in [-0.15, -0.1) is 0 Å². The van der Waals surface area contributed by atoms with E-state index >= 15 is 0 Å². The van der Waals surface area contributed by atoms with Crippen LogP contribution in [-0.2, 0) is 9.53 Å². The Labute approximate surface area is 209 Å². The Hall–Kier alpha value is -0.830. The summed E-state index contributed by atoms with van der Waals surface area (Å²) in [5.41, 5.74) is 2.47. The summed E-state index contributed by atoms with van der Waals surface area (Å²) >= 11 is 0. The maximum absolute atomic E-state index is 11.5. The minimum atomic E-state index is -0.117. The van der Waals surface area contributed by atoms with Crippen LogP contribution in [0.4, 0.5) is 0 Å². The van der Waals surface area contributed by atoms with Gasteiger partial charge in [-0.1, -0.05) is 59.6 Å². The number of hydrogen-bond donors (Lipinski definition) is 1. The van der Waals surface area contributed by atoms with E-state index in [0.717, 1.165) is 66.4 Å². The molecule has 0 bridgehead atoms. The van der Waals surface area contributed by atoms with Gasteiger partial charge in [-0.3, -0.25) is 4.79 Å². The van der Waals surface area contributed by atoms with Gasteiger partial charge in [-0.05, 0) is 97.2 Å². The molecule has 5 aliphatic rings. The topological polar surface area (TPSA) is 48.2 Å². The van der Waals surface area contributed by atoms with Crippen molar-refractivity contribution in [3.63, 3.8) is 0 Å². The number of carbonyl (C=O) groups is 1. The third-order valence-electron chi connectivity index (χ3n) is 12.1. The molecule has 192 valence electrons. The van der Waals surface area contributed by atoms with E-state index in [2.05, 4.69) is 52.9 Å². The largest absolute Gasteiger partial charge is 0.462 e. The fraction of sp³-hybridized carbons (Fsp3) is 0.903. The highest BCUT2D eigenvalue weighted by Crippen LogP contribution is 2.67. The number of rotatable bonds is 6. The molecule has 1 heterocycles. The van der Waals surface area contributed by atoms with Crippen LogP contribution in [0.3, 0.4) is 0 Å². The summed E-state index contributed by atoms with van der Waals surface area (Å²) in [4.78, 5) is 11.5. The van der Waals surface area contributed by atoms with Crippen LogP contribution in [-0.4, -0.2) is 24.2 Å². The number of fused-ring (bicyclic) bond motifs is 5. The highest BCUT2D eigenvalue weighted by molar-refractivity contribution is 5.66. The number of allylic oxidation sites excluding steroid dienone is 1. The molecule has 3 saturated carbocycles. The first kappa shape index (κ1) is 24.8. The predicted octanol–water partition coefficient (Wildman–Crippen LogP) is 7.16. The molecule has 1 aliphatic heterocycles. The Balaban J connectivity index is 1.30. The van der Waals surface area contributed by atoms with E-state index < -0.39 is 0 Å². The van der Waals surface area contributed by atoms with Crippen LogP contribution in [0, 0.1) is 52.3 Å². The molecule has 34 heavy (non-hydrogen) atoms. The third-order valence-corrected chi connectivity index (χ3v) is 12.1. The molecule has 0 spiro atoms. The van der Waals surface area contributed by atoms with Crippen LogP contribution in [0.15, 0.2) is 11.6 Å². The minimum Gasteiger partial charge on any atom is -0.462 e. The van der Waals surface area contributed by atoms with Crippen LogP contribution in [0.2, 0.25) is 0 Å². The number of nitrogens with one attached hydrogen (secondary N) is 1. The van der Waals surface area contributed by atoms with E-state index in [1.165, 1.54) is 44.9 Å². The van der Waals surface area contributed by atoms with Gasteiger partial charge in [-0.2, -0.15) is 0 Å². The molecule has 5 rings (SSSR count). The molecule has 4 aliphatic carbocycles. The third kappa shape index (κ3) is 3.91. The second-order valence-corrected chi connectivity index (χ2v) is 13.9. The van der Waals surface area contributed by atoms with E-state index in [1.807, 2.05) is 0 Å². The van der Waals surface area contributed by atoms with Crippen molar-refractivity contribution in [3.8, 4) is 0 Å². The Kier molecular flexibility index (Phi) is 6.52. The number of esters is 1. The quantitative estimate of drug-likeness (QED) is 0.255. The summed E-state index contributed by atoms with van der Waals surface area (Å²) in [6, 6.07) is 1.50. The molecule has 0 aromatic heterocycles. The Morgan fingerprint density at radius 1 is 1.09 bits per heavy atom. The Bertz CT molecular complexity index is 818. The monoisotopic (exact) mass is 469 g/mol. The molecule has 6 unspecified atom stereocenters. The van der Waals surface area contributed by atoms with Crippen molar-refractivity contribution in [2.75, 3.05) is 0 Å². The van der Waals surface area contributed by atoms with E-state index in [0.29, 0.717) is 10.8 Å². The lowest BCUT2D eigenvalue weighted by molar-refractivity contribution is -0.148. The van der Waals surface area contributed by atoms with Gasteiger partial charge in [0.1, 0.15) is 6.10 Å². The van der Waals surface area contributed by atoms with E-state index in [1.54, 1.807) is 12.5 Å². The molecule has 0 aromatic carbocycles. The highest BCUT2D eigenvalue weighted by atomic mass is 16.5. The summed E-state index contributed by atoms with van der Waals surface area (Å²) in [6.45, 7) is 16.6. The zero-order valence-electron chi connectivity index (χ0n) is 23.0. The van der Waals surface area contributed by atoms with E-state index in [4.69, 9.17) is 4.74 Å². The molecule has 0 amide bonds. The van der Waals surface area contributed by atoms with Crippen molar-refractivity contribution < 1.29 is 9.53 Å². The predicted molar refractivity (Wildman–Crippen MR) is 139 cm³/mol. The average molecular weight is 470 g/mol. The van der Waals surface area contributed by atoms with Gasteiger partial charge in [0.05, 0.1) is 0 Å². The van der Waals surface area contributed by atoms with Crippen molar-refractivity contribution in [1.82, 2.24) is 5.32 Å². The highest BCUT2D eigenvalue weighted by Gasteiger charge is 2.61. The van der Waals surface area contributed by atoms with Crippen LogP contribution < -0.4 is 5.32 Å². The number of ether oxygens (including phenoxy) is 1. The maximum Gasteiger partial charge on any atom is 0.302 e. The molecule has 1 N–H and O–H groups in total. The zero-order chi connectivity index (χ0) is 24.4. The smallest absolute Gasteiger partial charge is 0.302 e. The van der Waals surface area contributed by atoms with Crippen LogP contribution in [0.1, 0.15) is 106 Å². The van der Waals surface area contributed by atoms with Crippen molar-refractivity contribution in [1.29, 1.82) is 0 Å². The molecular weight excluding hydrogens is 418 g/mol. The number of hydrogen-bond acceptors (Lipinski definition) is 3. The van der Waals surface area contributed by atoms with Gasteiger partial charge < -0.3 is 10.1 Å². The lowest BCUT2D eigenvalue weighted by Gasteiger charge is -2.58. The minimum absolute atomic E-state index is 0.107. The lowest BCUT2D eigenvalue weighted by Crippen LogP contribution is -2.51. The van der Waals surface area contributed by atoms with Crippen LogP contribution in [0.5, 0.6) is 0 Å². The van der Waals surface area contributed by atoms with E-state index in [-0.39, 0.29) is 12.1 Å². The first-order chi connectivity index (χ1) is 16.1. The second-order valence-electron chi connectivity index (χ2n) is 13.9. The lowest BCUT2D eigenvalue weighted by atomic mass is 9.47. The second kappa shape index (κ2) is 8.93. The summed E-state index contributed by atoms with van der Waals surface area (Å²) in [7, 11) is 0. The first-order valence-electron chi connectivity index (χ1n) is 14.7. The van der Waals surface area contributed by atoms with E-state index in [9.17, 15) is 4.79 Å². The molecule has 11 atom stereocenters. The Morgan fingerprint density at radius 3 is 2.53 bits per heavy atom. The number of carbonyl (C=O) groups excluding carboxylic acids is 1. The normalized spacial score (nSPS) is 47.2. The summed E-state index contributed by atoms with van der Waals surface area (Å²) in [5.74, 6) is 5.75. The van der Waals surface area contributed by atoms with Crippen molar-refractivity contribution >= 4 is 5.97 Å². The molecular formula is C31H51NO2. The SMILES string of the molecule is CCC(C(C)C)C1NC1C(C)C1CC[C@H]2[C@@H]3CC=C4CC(OC(C)=O)CC[C@]4(C)[C@H]3CC[C@]12C. The molecule has 4 fully saturated rings. The van der Waals surface area contributed by atoms with Crippen molar-refractivity contribution in [2.45, 2.75) is 124 Å². The Morgan fingerprint density at radius 2 is 1.85 bits per heavy atom. The van der Waals surface area contributed by atoms with Gasteiger partial charge in [0, 0.05) is 25.4 Å². The van der Waals surface area contributed by atoms with Gasteiger partial charge in [0.15, 0.2) is 0 Å². The molecule has 0 radical (unpaired) electrons. The first-order valence-corrected chi connectivity index (χ1v) is 14.7. The fourth-order valence-corrected chi connectivity index (χ4v) is 10.3. The summed E-state index contributed by atoms with van der Waals surface area (Å²) in [5, 5.41) is 3.96. The summed E-state index contributed by atoms with van der Waals surface area (Å²) in [6.07, 6.45) is 14.2. The molecule has 0 aromatic rings. The van der Waals surface area contributed by atoms with Gasteiger partial charge in [0.2, 0.25) is 0 Å².